The first-order chi connectivity index (χ1) is 10.1. The molecule has 0 aromatic heterocycles. The van der Waals surface area contributed by atoms with Crippen LogP contribution in [0.2, 0.25) is 0 Å². The van der Waals surface area contributed by atoms with E-state index in [0.29, 0.717) is 6.42 Å². The molecule has 1 aliphatic carbocycles. The molecule has 3 atom stereocenters. The van der Waals surface area contributed by atoms with E-state index < -0.39 is 23.8 Å². The Bertz CT molecular complexity index is 615. The monoisotopic (exact) mass is 291 g/mol. The lowest BCUT2D eigenvalue weighted by atomic mass is 10.0. The van der Waals surface area contributed by atoms with Gasteiger partial charge in [-0.2, -0.15) is 5.01 Å². The van der Waals surface area contributed by atoms with E-state index in [1.165, 1.54) is 0 Å². The van der Waals surface area contributed by atoms with Gasteiger partial charge >= 0.3 is 0 Å². The van der Waals surface area contributed by atoms with Gasteiger partial charge in [0.25, 0.3) is 0 Å². The van der Waals surface area contributed by atoms with Crippen molar-refractivity contribution in [3.05, 3.63) is 35.9 Å². The molecule has 1 aromatic carbocycles. The van der Waals surface area contributed by atoms with Crippen LogP contribution in [0.5, 0.6) is 0 Å². The van der Waals surface area contributed by atoms with E-state index in [9.17, 15) is 13.6 Å². The van der Waals surface area contributed by atoms with Crippen molar-refractivity contribution in [2.24, 2.45) is 4.99 Å². The van der Waals surface area contributed by atoms with Gasteiger partial charge in [-0.15, -0.1) is 0 Å². The highest BCUT2D eigenvalue weighted by molar-refractivity contribution is 6.42. The molecule has 3 unspecified atom stereocenters. The summed E-state index contributed by atoms with van der Waals surface area (Å²) in [5.74, 6) is -0.681. The molecular formula is C15H15F2N3O. The maximum Gasteiger partial charge on any atom is 0.235 e. The van der Waals surface area contributed by atoms with Crippen LogP contribution in [-0.4, -0.2) is 34.6 Å². The van der Waals surface area contributed by atoms with Gasteiger partial charge in [0.1, 0.15) is 6.17 Å². The number of rotatable bonds is 3. The molecule has 6 heteroatoms. The zero-order valence-electron chi connectivity index (χ0n) is 11.3. The number of Topliss-reactive ketones (excluding diaryl/α,β-unsaturated/α-hetero) is 1. The Morgan fingerprint density at radius 2 is 2.05 bits per heavy atom. The molecule has 1 saturated carbocycles. The van der Waals surface area contributed by atoms with Crippen LogP contribution in [0, 0.1) is 0 Å². The third kappa shape index (κ3) is 1.97. The quantitative estimate of drug-likeness (QED) is 0.927. The number of halogens is 2. The average Bonchev–Trinajstić information content (AvgIpc) is 2.98. The average molecular weight is 291 g/mol. The van der Waals surface area contributed by atoms with Gasteiger partial charge in [-0.25, -0.2) is 13.8 Å². The lowest BCUT2D eigenvalue weighted by molar-refractivity contribution is -0.119. The Balaban J connectivity index is 1.59. The van der Waals surface area contributed by atoms with Crippen molar-refractivity contribution in [3.8, 4) is 0 Å². The third-order valence-electron chi connectivity index (χ3n) is 4.38. The van der Waals surface area contributed by atoms with Crippen LogP contribution in [0.25, 0.3) is 0 Å². The number of hydrazine groups is 1. The van der Waals surface area contributed by atoms with E-state index in [1.54, 1.807) is 5.01 Å². The van der Waals surface area contributed by atoms with Crippen molar-refractivity contribution in [2.75, 3.05) is 0 Å². The van der Waals surface area contributed by atoms with Crippen molar-refractivity contribution in [3.63, 3.8) is 0 Å². The van der Waals surface area contributed by atoms with Crippen LogP contribution in [0.4, 0.5) is 8.78 Å². The summed E-state index contributed by atoms with van der Waals surface area (Å²) in [6.45, 7) is 0. The van der Waals surface area contributed by atoms with Gasteiger partial charge in [-0.05, 0) is 18.4 Å². The number of ketones is 1. The minimum Gasteiger partial charge on any atom is -0.298 e. The summed E-state index contributed by atoms with van der Waals surface area (Å²) in [7, 11) is 0. The van der Waals surface area contributed by atoms with Gasteiger partial charge in [0, 0.05) is 6.42 Å². The first-order valence-electron chi connectivity index (χ1n) is 7.14. The maximum absolute atomic E-state index is 14.2. The van der Waals surface area contributed by atoms with Crippen LogP contribution in [0.15, 0.2) is 35.3 Å². The van der Waals surface area contributed by atoms with Gasteiger partial charge in [0.15, 0.2) is 17.7 Å². The number of aliphatic imine (C=N–C) groups is 1. The number of carbonyl (C=O) groups is 1. The summed E-state index contributed by atoms with van der Waals surface area (Å²) in [6, 6.07) is 9.30. The molecule has 1 saturated heterocycles. The Morgan fingerprint density at radius 1 is 1.33 bits per heavy atom. The molecule has 0 spiro atoms. The van der Waals surface area contributed by atoms with Crippen molar-refractivity contribution in [1.29, 1.82) is 0 Å². The molecule has 110 valence electrons. The van der Waals surface area contributed by atoms with Gasteiger partial charge < -0.3 is 0 Å². The predicted molar refractivity (Wildman–Crippen MR) is 73.0 cm³/mol. The predicted octanol–water partition coefficient (Wildman–Crippen LogP) is 2.09. The van der Waals surface area contributed by atoms with Gasteiger partial charge in [-0.3, -0.25) is 10.2 Å². The van der Waals surface area contributed by atoms with Gasteiger partial charge in [0.05, 0.1) is 6.04 Å². The van der Waals surface area contributed by atoms with Crippen molar-refractivity contribution in [2.45, 2.75) is 43.3 Å². The molecule has 1 N–H and O–H groups in total. The Hall–Kier alpha value is -1.82. The van der Waals surface area contributed by atoms with Crippen molar-refractivity contribution in [1.82, 2.24) is 10.4 Å². The van der Waals surface area contributed by atoms with E-state index in [2.05, 4.69) is 10.4 Å². The number of benzene rings is 1. The fourth-order valence-electron chi connectivity index (χ4n) is 3.01. The first-order valence-corrected chi connectivity index (χ1v) is 7.14. The van der Waals surface area contributed by atoms with E-state index in [0.717, 1.165) is 5.56 Å². The summed E-state index contributed by atoms with van der Waals surface area (Å²) < 4.78 is 28.0. The van der Waals surface area contributed by atoms with E-state index in [-0.39, 0.29) is 24.7 Å². The van der Waals surface area contributed by atoms with Gasteiger partial charge in [0.2, 0.25) is 5.78 Å². The second-order valence-corrected chi connectivity index (χ2v) is 5.88. The standard InChI is InChI=1S/C15H15F2N3O/c16-10-8-11(9-4-2-1-3-5-9)20-14(10)18-13(19-20)12(21)15(17)6-7-15/h1-5,10-11,14H,6-8H2,(H,18,19). The molecule has 2 fully saturated rings. The van der Waals surface area contributed by atoms with Crippen LogP contribution < -0.4 is 5.43 Å². The number of alkyl halides is 2. The minimum atomic E-state index is -1.78. The molecule has 21 heavy (non-hydrogen) atoms. The molecule has 4 rings (SSSR count). The topological polar surface area (TPSA) is 44.7 Å². The fourth-order valence-corrected chi connectivity index (χ4v) is 3.01. The summed E-state index contributed by atoms with van der Waals surface area (Å²) in [5, 5.41) is 1.64. The highest BCUT2D eigenvalue weighted by atomic mass is 19.1. The SMILES string of the molecule is O=C(C1=NC2C(F)CC(c3ccccc3)N2N1)C1(F)CC1. The smallest absolute Gasteiger partial charge is 0.235 e. The summed E-state index contributed by atoms with van der Waals surface area (Å²) in [6.07, 6.45) is -1.12. The number of amidine groups is 1. The molecule has 0 amide bonds. The molecule has 0 radical (unpaired) electrons. The Labute approximate surface area is 120 Å². The van der Waals surface area contributed by atoms with E-state index in [1.807, 2.05) is 30.3 Å². The van der Waals surface area contributed by atoms with Crippen LogP contribution in [0.3, 0.4) is 0 Å². The number of fused-ring (bicyclic) bond motifs is 1. The number of hydrogen-bond acceptors (Lipinski definition) is 4. The lowest BCUT2D eigenvalue weighted by Gasteiger charge is -2.23. The van der Waals surface area contributed by atoms with E-state index in [4.69, 9.17) is 0 Å². The zero-order chi connectivity index (χ0) is 14.6. The molecule has 2 heterocycles. The molecular weight excluding hydrogens is 276 g/mol. The number of carbonyl (C=O) groups excluding carboxylic acids is 1. The first kappa shape index (κ1) is 12.9. The normalized spacial score (nSPS) is 33.2. The summed E-state index contributed by atoms with van der Waals surface area (Å²) in [4.78, 5) is 16.1. The minimum absolute atomic E-state index is 0.0386. The number of nitrogens with one attached hydrogen (secondary N) is 1. The molecule has 3 aliphatic rings. The summed E-state index contributed by atoms with van der Waals surface area (Å²) in [5.41, 5.74) is 2.01. The maximum atomic E-state index is 14.2. The second kappa shape index (κ2) is 4.34. The molecule has 0 bridgehead atoms. The van der Waals surface area contributed by atoms with Crippen LogP contribution >= 0.6 is 0 Å². The second-order valence-electron chi connectivity index (χ2n) is 5.88. The molecule has 1 aromatic rings. The highest BCUT2D eigenvalue weighted by Gasteiger charge is 2.55. The van der Waals surface area contributed by atoms with Crippen LogP contribution in [0.1, 0.15) is 30.9 Å². The summed E-state index contributed by atoms with van der Waals surface area (Å²) >= 11 is 0. The Morgan fingerprint density at radius 3 is 2.71 bits per heavy atom. The van der Waals surface area contributed by atoms with Gasteiger partial charge in [-0.1, -0.05) is 30.3 Å². The highest BCUT2D eigenvalue weighted by Crippen LogP contribution is 2.43. The number of nitrogens with zero attached hydrogens (tertiary/aromatic N) is 2. The lowest BCUT2D eigenvalue weighted by Crippen LogP contribution is -2.44. The zero-order valence-corrected chi connectivity index (χ0v) is 11.3. The van der Waals surface area contributed by atoms with Crippen molar-refractivity contribution < 1.29 is 13.6 Å². The fraction of sp³-hybridized carbons (Fsp3) is 0.467. The molecule has 2 aliphatic heterocycles. The third-order valence-corrected chi connectivity index (χ3v) is 4.38. The largest absolute Gasteiger partial charge is 0.298 e. The van der Waals surface area contributed by atoms with Crippen LogP contribution in [-0.2, 0) is 4.79 Å². The van der Waals surface area contributed by atoms with E-state index >= 15 is 0 Å². The molecule has 4 nitrogen and oxygen atoms in total. The Kier molecular flexibility index (Phi) is 2.66. The van der Waals surface area contributed by atoms with Crippen molar-refractivity contribution >= 4 is 11.6 Å². The number of hydrogen-bond donors (Lipinski definition) is 1.